The summed E-state index contributed by atoms with van der Waals surface area (Å²) in [6.45, 7) is 2.85. The highest BCUT2D eigenvalue weighted by atomic mass is 32.2. The van der Waals surface area contributed by atoms with Gasteiger partial charge in [-0.3, -0.25) is 0 Å². The molecule has 1 aromatic rings. The molecule has 5 nitrogen and oxygen atoms in total. The average Bonchev–Trinajstić information content (AvgIpc) is 2.76. The first-order valence-electron chi connectivity index (χ1n) is 7.16. The van der Waals surface area contributed by atoms with E-state index in [1.165, 1.54) is 17.5 Å². The molecule has 1 aliphatic heterocycles. The van der Waals surface area contributed by atoms with Crippen LogP contribution < -0.4 is 0 Å². The van der Waals surface area contributed by atoms with Crippen molar-refractivity contribution in [2.75, 3.05) is 20.2 Å². The molecule has 1 aliphatic rings. The van der Waals surface area contributed by atoms with Crippen LogP contribution in [0.5, 0.6) is 0 Å². The highest BCUT2D eigenvalue weighted by Crippen LogP contribution is 2.22. The molecule has 1 fully saturated rings. The van der Waals surface area contributed by atoms with E-state index in [1.807, 2.05) is 0 Å². The molecule has 0 aromatic heterocycles. The predicted molar refractivity (Wildman–Crippen MR) is 79.7 cm³/mol. The number of methoxy groups -OCH3 is 1. The van der Waals surface area contributed by atoms with Gasteiger partial charge in [-0.05, 0) is 37.5 Å². The van der Waals surface area contributed by atoms with Crippen LogP contribution in [-0.2, 0) is 14.8 Å². The van der Waals surface area contributed by atoms with Crippen molar-refractivity contribution in [3.05, 3.63) is 29.3 Å². The normalized spacial score (nSPS) is 17.2. The van der Waals surface area contributed by atoms with E-state index in [9.17, 15) is 13.2 Å². The Morgan fingerprint density at radius 2 is 1.76 bits per heavy atom. The van der Waals surface area contributed by atoms with Crippen LogP contribution in [0.4, 0.5) is 0 Å². The molecule has 0 radical (unpaired) electrons. The molecule has 0 atom stereocenters. The smallest absolute Gasteiger partial charge is 0.338 e. The number of benzene rings is 1. The molecule has 6 heteroatoms. The molecule has 0 unspecified atom stereocenters. The van der Waals surface area contributed by atoms with Gasteiger partial charge in [0.2, 0.25) is 10.0 Å². The van der Waals surface area contributed by atoms with Gasteiger partial charge in [0.25, 0.3) is 0 Å². The molecule has 0 amide bonds. The number of aryl methyl sites for hydroxylation is 1. The fourth-order valence-corrected chi connectivity index (χ4v) is 4.07. The highest BCUT2D eigenvalue weighted by molar-refractivity contribution is 7.89. The molecule has 2 rings (SSSR count). The monoisotopic (exact) mass is 311 g/mol. The van der Waals surface area contributed by atoms with Gasteiger partial charge >= 0.3 is 5.97 Å². The Kier molecular flexibility index (Phi) is 5.00. The zero-order chi connectivity index (χ0) is 15.5. The molecule has 0 spiro atoms. The van der Waals surface area contributed by atoms with Crippen molar-refractivity contribution in [1.29, 1.82) is 0 Å². The van der Waals surface area contributed by atoms with Gasteiger partial charge in [-0.2, -0.15) is 4.31 Å². The second-order valence-electron chi connectivity index (χ2n) is 5.29. The third-order valence-electron chi connectivity index (χ3n) is 3.82. The zero-order valence-corrected chi connectivity index (χ0v) is 13.3. The molecule has 1 saturated heterocycles. The predicted octanol–water partition coefficient (Wildman–Crippen LogP) is 2.35. The minimum Gasteiger partial charge on any atom is -0.465 e. The number of nitrogens with zero attached hydrogens (tertiary/aromatic N) is 1. The number of carbonyl (C=O) groups excluding carboxylic acids is 1. The van der Waals surface area contributed by atoms with Crippen molar-refractivity contribution in [2.45, 2.75) is 37.5 Å². The second-order valence-corrected chi connectivity index (χ2v) is 7.22. The van der Waals surface area contributed by atoms with Crippen molar-refractivity contribution in [2.24, 2.45) is 0 Å². The number of ether oxygens (including phenoxy) is 1. The van der Waals surface area contributed by atoms with Crippen molar-refractivity contribution in [3.8, 4) is 0 Å². The van der Waals surface area contributed by atoms with Gasteiger partial charge in [0.1, 0.15) is 0 Å². The number of sulfonamides is 1. The molecule has 0 saturated carbocycles. The first-order valence-corrected chi connectivity index (χ1v) is 8.60. The Bertz CT molecular complexity index is 617. The SMILES string of the molecule is COC(=O)c1cc(S(=O)(=O)N2CCCCCC2)ccc1C. The number of carbonyl (C=O) groups is 1. The first kappa shape index (κ1) is 16.0. The Hall–Kier alpha value is -1.40. The zero-order valence-electron chi connectivity index (χ0n) is 12.5. The first-order chi connectivity index (χ1) is 9.96. The molecule has 1 aromatic carbocycles. The molecule has 1 heterocycles. The maximum atomic E-state index is 12.7. The third-order valence-corrected chi connectivity index (χ3v) is 5.71. The Morgan fingerprint density at radius 1 is 1.14 bits per heavy atom. The second kappa shape index (κ2) is 6.58. The van der Waals surface area contributed by atoms with Gasteiger partial charge in [-0.1, -0.05) is 18.9 Å². The summed E-state index contributed by atoms with van der Waals surface area (Å²) in [6, 6.07) is 4.63. The lowest BCUT2D eigenvalue weighted by molar-refractivity contribution is 0.0599. The minimum absolute atomic E-state index is 0.162. The summed E-state index contributed by atoms with van der Waals surface area (Å²) in [5.41, 5.74) is 1.00. The minimum atomic E-state index is -3.54. The molecular formula is C15H21NO4S. The fourth-order valence-electron chi connectivity index (χ4n) is 2.52. The van der Waals surface area contributed by atoms with E-state index >= 15 is 0 Å². The Labute approximate surface area is 126 Å². The van der Waals surface area contributed by atoms with E-state index in [0.717, 1.165) is 25.7 Å². The summed E-state index contributed by atoms with van der Waals surface area (Å²) in [5.74, 6) is -0.514. The number of hydrogen-bond donors (Lipinski definition) is 0. The van der Waals surface area contributed by atoms with Crippen molar-refractivity contribution >= 4 is 16.0 Å². The largest absolute Gasteiger partial charge is 0.465 e. The van der Waals surface area contributed by atoms with Gasteiger partial charge in [0, 0.05) is 13.1 Å². The molecule has 0 aliphatic carbocycles. The third kappa shape index (κ3) is 3.44. The fraction of sp³-hybridized carbons (Fsp3) is 0.533. The van der Waals surface area contributed by atoms with Crippen LogP contribution in [0.2, 0.25) is 0 Å². The number of esters is 1. The molecule has 0 bridgehead atoms. The van der Waals surface area contributed by atoms with E-state index in [1.54, 1.807) is 19.1 Å². The van der Waals surface area contributed by atoms with E-state index in [2.05, 4.69) is 0 Å². The standard InChI is InChI=1S/C15H21NO4S/c1-12-7-8-13(11-14(12)15(17)20-2)21(18,19)16-9-5-3-4-6-10-16/h7-8,11H,3-6,9-10H2,1-2H3. The van der Waals surface area contributed by atoms with Crippen LogP contribution in [-0.4, -0.2) is 38.9 Å². The van der Waals surface area contributed by atoms with Gasteiger partial charge in [0.15, 0.2) is 0 Å². The van der Waals surface area contributed by atoms with Gasteiger partial charge in [-0.25, -0.2) is 13.2 Å². The lowest BCUT2D eigenvalue weighted by Crippen LogP contribution is -2.32. The quantitative estimate of drug-likeness (QED) is 0.804. The van der Waals surface area contributed by atoms with Crippen LogP contribution in [0.15, 0.2) is 23.1 Å². The van der Waals surface area contributed by atoms with Gasteiger partial charge in [-0.15, -0.1) is 0 Å². The molecule has 116 valence electrons. The summed E-state index contributed by atoms with van der Waals surface area (Å²) in [7, 11) is -2.25. The summed E-state index contributed by atoms with van der Waals surface area (Å²) >= 11 is 0. The summed E-state index contributed by atoms with van der Waals surface area (Å²) in [5, 5.41) is 0. The van der Waals surface area contributed by atoms with Crippen molar-refractivity contribution in [1.82, 2.24) is 4.31 Å². The van der Waals surface area contributed by atoms with Crippen LogP contribution in [0, 0.1) is 6.92 Å². The summed E-state index contributed by atoms with van der Waals surface area (Å²) in [6.07, 6.45) is 3.89. The van der Waals surface area contributed by atoms with Crippen LogP contribution in [0.25, 0.3) is 0 Å². The van der Waals surface area contributed by atoms with E-state index in [4.69, 9.17) is 4.74 Å². The highest BCUT2D eigenvalue weighted by Gasteiger charge is 2.26. The topological polar surface area (TPSA) is 63.7 Å². The van der Waals surface area contributed by atoms with E-state index in [-0.39, 0.29) is 4.90 Å². The van der Waals surface area contributed by atoms with Crippen LogP contribution in [0.3, 0.4) is 0 Å². The van der Waals surface area contributed by atoms with Crippen molar-refractivity contribution in [3.63, 3.8) is 0 Å². The summed E-state index contributed by atoms with van der Waals surface area (Å²) < 4.78 is 31.6. The van der Waals surface area contributed by atoms with Crippen LogP contribution >= 0.6 is 0 Å². The van der Waals surface area contributed by atoms with Crippen molar-refractivity contribution < 1.29 is 17.9 Å². The maximum Gasteiger partial charge on any atom is 0.338 e. The summed E-state index contributed by atoms with van der Waals surface area (Å²) in [4.78, 5) is 11.9. The maximum absolute atomic E-state index is 12.7. The Morgan fingerprint density at radius 3 is 2.33 bits per heavy atom. The molecular weight excluding hydrogens is 290 g/mol. The average molecular weight is 311 g/mol. The van der Waals surface area contributed by atoms with Gasteiger partial charge in [0.05, 0.1) is 17.6 Å². The number of rotatable bonds is 3. The lowest BCUT2D eigenvalue weighted by atomic mass is 10.1. The van der Waals surface area contributed by atoms with E-state index < -0.39 is 16.0 Å². The van der Waals surface area contributed by atoms with Gasteiger partial charge < -0.3 is 4.74 Å². The number of hydrogen-bond acceptors (Lipinski definition) is 4. The van der Waals surface area contributed by atoms with Crippen LogP contribution in [0.1, 0.15) is 41.6 Å². The lowest BCUT2D eigenvalue weighted by Gasteiger charge is -2.20. The molecule has 0 N–H and O–H groups in total. The Balaban J connectivity index is 2.37. The van der Waals surface area contributed by atoms with E-state index in [0.29, 0.717) is 24.2 Å². The molecule has 21 heavy (non-hydrogen) atoms.